The second-order valence-electron chi connectivity index (χ2n) is 7.19. The molecular formula is C24H22N2O5S. The number of benzene rings is 2. The Balaban J connectivity index is 1.38. The van der Waals surface area contributed by atoms with Crippen LogP contribution in [-0.4, -0.2) is 24.0 Å². The molecule has 7 nitrogen and oxygen atoms in total. The lowest BCUT2D eigenvalue weighted by molar-refractivity contribution is -0.115. The van der Waals surface area contributed by atoms with Crippen LogP contribution in [0.15, 0.2) is 58.3 Å². The van der Waals surface area contributed by atoms with Crippen LogP contribution in [0.1, 0.15) is 32.4 Å². The molecule has 0 aliphatic heterocycles. The fourth-order valence-corrected chi connectivity index (χ4v) is 4.07. The highest BCUT2D eigenvalue weighted by molar-refractivity contribution is 7.09. The number of carbonyl (C=O) groups excluding carboxylic acids is 2. The second-order valence-corrected chi connectivity index (χ2v) is 8.13. The molecular weight excluding hydrogens is 428 g/mol. The molecule has 0 fully saturated rings. The third-order valence-corrected chi connectivity index (χ3v) is 5.75. The van der Waals surface area contributed by atoms with Crippen LogP contribution in [0.25, 0.3) is 11.0 Å². The molecule has 0 unspecified atom stereocenters. The number of nitrogens with one attached hydrogen (secondary N) is 1. The summed E-state index contributed by atoms with van der Waals surface area (Å²) in [7, 11) is 1.56. The van der Waals surface area contributed by atoms with Gasteiger partial charge in [-0.3, -0.25) is 4.79 Å². The third kappa shape index (κ3) is 4.87. The Hall–Kier alpha value is -3.49. The largest absolute Gasteiger partial charge is 0.453 e. The first-order valence-corrected chi connectivity index (χ1v) is 10.9. The Kier molecular flexibility index (Phi) is 6.63. The molecule has 0 atom stereocenters. The lowest BCUT2D eigenvalue weighted by Gasteiger charge is -2.06. The van der Waals surface area contributed by atoms with E-state index in [-0.39, 0.29) is 31.3 Å². The van der Waals surface area contributed by atoms with Crippen molar-refractivity contribution in [1.82, 2.24) is 4.98 Å². The van der Waals surface area contributed by atoms with Crippen LogP contribution in [0.4, 0.5) is 5.69 Å². The van der Waals surface area contributed by atoms with Crippen molar-refractivity contribution in [1.29, 1.82) is 0 Å². The summed E-state index contributed by atoms with van der Waals surface area (Å²) in [4.78, 5) is 29.4. The second kappa shape index (κ2) is 9.76. The topological polar surface area (TPSA) is 90.7 Å². The zero-order valence-corrected chi connectivity index (χ0v) is 18.5. The molecule has 0 aliphatic rings. The number of amides is 1. The number of anilines is 1. The average molecular weight is 451 g/mol. The number of aromatic nitrogens is 1. The van der Waals surface area contributed by atoms with Gasteiger partial charge in [0.1, 0.15) is 17.2 Å². The molecule has 164 valence electrons. The van der Waals surface area contributed by atoms with Crippen molar-refractivity contribution in [3.05, 3.63) is 81.5 Å². The van der Waals surface area contributed by atoms with Crippen molar-refractivity contribution in [2.75, 3.05) is 12.4 Å². The smallest absolute Gasteiger partial charge is 0.375 e. The molecule has 2 aromatic heterocycles. The Morgan fingerprint density at radius 1 is 1.09 bits per heavy atom. The van der Waals surface area contributed by atoms with Crippen LogP contribution in [0, 0.1) is 6.92 Å². The molecule has 8 heteroatoms. The molecule has 0 saturated carbocycles. The SMILES string of the molecule is COCc1c(C(=O)OCc2csc(CC(=O)Nc3ccccc3C)n2)oc2ccccc12. The number of aryl methyl sites for hydroxylation is 1. The Bertz CT molecular complexity index is 1260. The number of carbonyl (C=O) groups is 2. The van der Waals surface area contributed by atoms with Gasteiger partial charge in [0.2, 0.25) is 11.7 Å². The first kappa shape index (κ1) is 21.7. The first-order chi connectivity index (χ1) is 15.5. The van der Waals surface area contributed by atoms with E-state index in [1.54, 1.807) is 18.6 Å². The van der Waals surface area contributed by atoms with Crippen molar-refractivity contribution in [3.63, 3.8) is 0 Å². The van der Waals surface area contributed by atoms with Crippen molar-refractivity contribution in [3.8, 4) is 0 Å². The summed E-state index contributed by atoms with van der Waals surface area (Å²) in [6.45, 7) is 2.15. The van der Waals surface area contributed by atoms with Gasteiger partial charge in [0.05, 0.1) is 18.7 Å². The van der Waals surface area contributed by atoms with E-state index < -0.39 is 5.97 Å². The highest BCUT2D eigenvalue weighted by Gasteiger charge is 2.22. The van der Waals surface area contributed by atoms with Crippen LogP contribution in [0.3, 0.4) is 0 Å². The van der Waals surface area contributed by atoms with Gasteiger partial charge < -0.3 is 19.2 Å². The highest BCUT2D eigenvalue weighted by Crippen LogP contribution is 2.27. The maximum absolute atomic E-state index is 12.6. The normalized spacial score (nSPS) is 10.9. The van der Waals surface area contributed by atoms with Gasteiger partial charge in [-0.2, -0.15) is 0 Å². The molecule has 1 amide bonds. The van der Waals surface area contributed by atoms with E-state index in [9.17, 15) is 9.59 Å². The van der Waals surface area contributed by atoms with E-state index in [0.29, 0.717) is 21.8 Å². The van der Waals surface area contributed by atoms with E-state index in [1.165, 1.54) is 11.3 Å². The Morgan fingerprint density at radius 2 is 1.88 bits per heavy atom. The molecule has 2 heterocycles. The maximum Gasteiger partial charge on any atom is 0.375 e. The number of methoxy groups -OCH3 is 1. The van der Waals surface area contributed by atoms with Gasteiger partial charge >= 0.3 is 5.97 Å². The van der Waals surface area contributed by atoms with Gasteiger partial charge in [-0.25, -0.2) is 9.78 Å². The van der Waals surface area contributed by atoms with Gasteiger partial charge in [-0.15, -0.1) is 11.3 Å². The van der Waals surface area contributed by atoms with Crippen LogP contribution in [0.2, 0.25) is 0 Å². The molecule has 0 spiro atoms. The van der Waals surface area contributed by atoms with E-state index in [0.717, 1.165) is 16.6 Å². The number of rotatable bonds is 8. The number of furan rings is 1. The number of hydrogen-bond acceptors (Lipinski definition) is 7. The summed E-state index contributed by atoms with van der Waals surface area (Å²) in [5.74, 6) is -0.607. The summed E-state index contributed by atoms with van der Waals surface area (Å²) in [6.07, 6.45) is 0.147. The summed E-state index contributed by atoms with van der Waals surface area (Å²) in [5.41, 5.74) is 3.60. The quantitative estimate of drug-likeness (QED) is 0.385. The molecule has 0 saturated heterocycles. The minimum Gasteiger partial charge on any atom is -0.453 e. The number of fused-ring (bicyclic) bond motifs is 1. The van der Waals surface area contributed by atoms with Gasteiger partial charge in [0.25, 0.3) is 0 Å². The van der Waals surface area contributed by atoms with Crippen molar-refractivity contribution in [2.24, 2.45) is 0 Å². The molecule has 0 aliphatic carbocycles. The van der Waals surface area contributed by atoms with Crippen LogP contribution < -0.4 is 5.32 Å². The van der Waals surface area contributed by atoms with E-state index in [1.807, 2.05) is 49.4 Å². The summed E-state index contributed by atoms with van der Waals surface area (Å²) in [6, 6.07) is 15.0. The van der Waals surface area contributed by atoms with Gasteiger partial charge in [-0.05, 0) is 24.6 Å². The van der Waals surface area contributed by atoms with E-state index in [4.69, 9.17) is 13.9 Å². The Morgan fingerprint density at radius 3 is 2.69 bits per heavy atom. The fourth-order valence-electron chi connectivity index (χ4n) is 3.30. The number of para-hydroxylation sites is 2. The van der Waals surface area contributed by atoms with Crippen molar-refractivity contribution < 1.29 is 23.5 Å². The average Bonchev–Trinajstić information content (AvgIpc) is 3.38. The summed E-state index contributed by atoms with van der Waals surface area (Å²) >= 11 is 1.35. The van der Waals surface area contributed by atoms with Crippen molar-refractivity contribution in [2.45, 2.75) is 26.6 Å². The first-order valence-electron chi connectivity index (χ1n) is 10.0. The lowest BCUT2D eigenvalue weighted by Crippen LogP contribution is -2.15. The molecule has 1 N–H and O–H groups in total. The standard InChI is InChI=1S/C24H22N2O5S/c1-15-7-3-5-9-19(15)26-21(27)11-22-25-16(14-32-22)12-30-24(28)23-18(13-29-2)17-8-4-6-10-20(17)31-23/h3-10,14H,11-13H2,1-2H3,(H,26,27). The number of nitrogens with zero attached hydrogens (tertiary/aromatic N) is 1. The lowest BCUT2D eigenvalue weighted by atomic mass is 10.1. The van der Waals surface area contributed by atoms with Gasteiger partial charge in [-0.1, -0.05) is 36.4 Å². The molecule has 0 bridgehead atoms. The zero-order valence-electron chi connectivity index (χ0n) is 17.7. The van der Waals surface area contributed by atoms with E-state index >= 15 is 0 Å². The molecule has 2 aromatic carbocycles. The summed E-state index contributed by atoms with van der Waals surface area (Å²) in [5, 5.41) is 6.13. The van der Waals surface area contributed by atoms with E-state index in [2.05, 4.69) is 10.3 Å². The Labute approximate surface area is 189 Å². The number of hydrogen-bond donors (Lipinski definition) is 1. The monoisotopic (exact) mass is 450 g/mol. The predicted molar refractivity (Wildman–Crippen MR) is 122 cm³/mol. The minimum absolute atomic E-state index is 0.0157. The summed E-state index contributed by atoms with van der Waals surface area (Å²) < 4.78 is 16.3. The fraction of sp³-hybridized carbons (Fsp3) is 0.208. The van der Waals surface area contributed by atoms with Gasteiger partial charge in [0.15, 0.2) is 0 Å². The molecule has 4 rings (SSSR count). The number of thiazole rings is 1. The van der Waals surface area contributed by atoms with Crippen LogP contribution in [0.5, 0.6) is 0 Å². The number of ether oxygens (including phenoxy) is 2. The predicted octanol–water partition coefficient (Wildman–Crippen LogP) is 4.88. The van der Waals surface area contributed by atoms with Gasteiger partial charge in [0, 0.05) is 29.1 Å². The molecule has 4 aromatic rings. The number of esters is 1. The minimum atomic E-state index is -0.583. The van der Waals surface area contributed by atoms with Crippen LogP contribution in [-0.2, 0) is 33.9 Å². The van der Waals surface area contributed by atoms with Crippen LogP contribution >= 0.6 is 11.3 Å². The maximum atomic E-state index is 12.6. The highest BCUT2D eigenvalue weighted by atomic mass is 32.1. The van der Waals surface area contributed by atoms with Crippen molar-refractivity contribution >= 4 is 39.9 Å². The molecule has 32 heavy (non-hydrogen) atoms. The molecule has 0 radical (unpaired) electrons. The zero-order chi connectivity index (χ0) is 22.5. The third-order valence-electron chi connectivity index (χ3n) is 4.85.